The van der Waals surface area contributed by atoms with Gasteiger partial charge >= 0.3 is 11.9 Å². The smallest absolute Gasteiger partial charge is 0.337 e. The Labute approximate surface area is 147 Å². The molecular formula is C18H24N2O5. The quantitative estimate of drug-likeness (QED) is 0.756. The number of hydrogen-bond donors (Lipinski definition) is 1. The van der Waals surface area contributed by atoms with Crippen LogP contribution in [0.5, 0.6) is 0 Å². The van der Waals surface area contributed by atoms with E-state index in [0.717, 1.165) is 18.4 Å². The molecule has 1 aromatic rings. The van der Waals surface area contributed by atoms with Crippen molar-refractivity contribution in [2.75, 3.05) is 26.1 Å². The minimum absolute atomic E-state index is 0.0861. The molecule has 0 aromatic heterocycles. The summed E-state index contributed by atoms with van der Waals surface area (Å²) >= 11 is 0. The highest BCUT2D eigenvalue weighted by molar-refractivity contribution is 5.96. The highest BCUT2D eigenvalue weighted by atomic mass is 16.5. The third-order valence-electron chi connectivity index (χ3n) is 4.31. The molecule has 25 heavy (non-hydrogen) atoms. The summed E-state index contributed by atoms with van der Waals surface area (Å²) in [5.74, 6) is -1.06. The van der Waals surface area contributed by atoms with Crippen molar-refractivity contribution in [2.45, 2.75) is 38.8 Å². The van der Waals surface area contributed by atoms with Gasteiger partial charge in [-0.15, -0.1) is 0 Å². The summed E-state index contributed by atoms with van der Waals surface area (Å²) in [7, 11) is 2.65. The summed E-state index contributed by atoms with van der Waals surface area (Å²) < 4.78 is 9.48. The maximum absolute atomic E-state index is 12.5. The number of carbonyl (C=O) groups is 3. The molecule has 1 N–H and O–H groups in total. The minimum atomic E-state index is -0.481. The number of rotatable bonds is 7. The Morgan fingerprint density at radius 3 is 2.48 bits per heavy atom. The lowest BCUT2D eigenvalue weighted by molar-refractivity contribution is -0.146. The van der Waals surface area contributed by atoms with Crippen molar-refractivity contribution >= 4 is 23.5 Å². The van der Waals surface area contributed by atoms with Crippen LogP contribution in [0.15, 0.2) is 18.2 Å². The van der Waals surface area contributed by atoms with E-state index in [1.807, 2.05) is 11.8 Å². The van der Waals surface area contributed by atoms with Gasteiger partial charge in [-0.05, 0) is 44.4 Å². The highest BCUT2D eigenvalue weighted by Gasteiger charge is 2.36. The van der Waals surface area contributed by atoms with Crippen LogP contribution in [-0.2, 0) is 19.1 Å². The zero-order valence-electron chi connectivity index (χ0n) is 15.0. The van der Waals surface area contributed by atoms with E-state index in [4.69, 9.17) is 9.47 Å². The van der Waals surface area contributed by atoms with E-state index < -0.39 is 12.0 Å². The maximum Gasteiger partial charge on any atom is 0.337 e. The van der Waals surface area contributed by atoms with Gasteiger partial charge in [-0.25, -0.2) is 4.79 Å². The normalized spacial score (nSPS) is 14.8. The number of nitrogens with one attached hydrogen (secondary N) is 1. The zero-order chi connectivity index (χ0) is 18.6. The molecule has 1 unspecified atom stereocenters. The molecule has 1 aromatic carbocycles. The lowest BCUT2D eigenvalue weighted by Crippen LogP contribution is -2.45. The molecule has 2 rings (SSSR count). The van der Waals surface area contributed by atoms with Crippen molar-refractivity contribution in [3.63, 3.8) is 0 Å². The average molecular weight is 348 g/mol. The van der Waals surface area contributed by atoms with Crippen LogP contribution in [0.4, 0.5) is 5.69 Å². The molecule has 1 atom stereocenters. The number of esters is 2. The first-order valence-corrected chi connectivity index (χ1v) is 8.19. The van der Waals surface area contributed by atoms with Gasteiger partial charge in [0.15, 0.2) is 0 Å². The van der Waals surface area contributed by atoms with Gasteiger partial charge < -0.3 is 14.8 Å². The molecule has 7 nitrogen and oxygen atoms in total. The number of anilines is 1. The molecule has 0 spiro atoms. The minimum Gasteiger partial charge on any atom is -0.468 e. The van der Waals surface area contributed by atoms with Crippen LogP contribution < -0.4 is 5.32 Å². The van der Waals surface area contributed by atoms with Gasteiger partial charge in [0.05, 0.1) is 26.3 Å². The first-order chi connectivity index (χ1) is 11.9. The Hall–Kier alpha value is -2.41. The summed E-state index contributed by atoms with van der Waals surface area (Å²) in [4.78, 5) is 37.7. The lowest BCUT2D eigenvalue weighted by atomic mass is 10.1. The first kappa shape index (κ1) is 18.9. The molecule has 1 aliphatic rings. The second-order valence-electron chi connectivity index (χ2n) is 6.17. The molecule has 7 heteroatoms. The van der Waals surface area contributed by atoms with Gasteiger partial charge in [-0.2, -0.15) is 0 Å². The number of aryl methyl sites for hydroxylation is 1. The van der Waals surface area contributed by atoms with Crippen molar-refractivity contribution in [3.8, 4) is 0 Å². The second kappa shape index (κ2) is 8.11. The molecule has 1 aliphatic carbocycles. The SMILES string of the molecule is COC(=O)c1ccc(C)c(NC(=O)CN(C2CC2)C(C)C(=O)OC)c1. The highest BCUT2D eigenvalue weighted by Crippen LogP contribution is 2.29. The summed E-state index contributed by atoms with van der Waals surface area (Å²) in [6, 6.07) is 4.72. The summed E-state index contributed by atoms with van der Waals surface area (Å²) in [6.07, 6.45) is 1.93. The van der Waals surface area contributed by atoms with E-state index in [1.165, 1.54) is 14.2 Å². The van der Waals surface area contributed by atoms with E-state index in [1.54, 1.807) is 25.1 Å². The fourth-order valence-corrected chi connectivity index (χ4v) is 2.65. The number of benzene rings is 1. The van der Waals surface area contributed by atoms with E-state index >= 15 is 0 Å². The average Bonchev–Trinajstić information content (AvgIpc) is 3.44. The van der Waals surface area contributed by atoms with E-state index in [2.05, 4.69) is 5.32 Å². The fourth-order valence-electron chi connectivity index (χ4n) is 2.65. The van der Waals surface area contributed by atoms with E-state index in [0.29, 0.717) is 11.3 Å². The van der Waals surface area contributed by atoms with Gasteiger partial charge in [-0.3, -0.25) is 14.5 Å². The predicted molar refractivity (Wildman–Crippen MR) is 92.4 cm³/mol. The molecule has 0 saturated heterocycles. The van der Waals surface area contributed by atoms with Crippen LogP contribution in [0.2, 0.25) is 0 Å². The molecule has 0 aliphatic heterocycles. The van der Waals surface area contributed by atoms with Crippen LogP contribution in [0.1, 0.15) is 35.7 Å². The molecule has 0 radical (unpaired) electrons. The van der Waals surface area contributed by atoms with Gasteiger partial charge in [0, 0.05) is 11.7 Å². The van der Waals surface area contributed by atoms with Crippen molar-refractivity contribution in [1.29, 1.82) is 0 Å². The molecule has 1 saturated carbocycles. The Bertz CT molecular complexity index is 669. The van der Waals surface area contributed by atoms with Crippen molar-refractivity contribution < 1.29 is 23.9 Å². The maximum atomic E-state index is 12.5. The molecular weight excluding hydrogens is 324 g/mol. The topological polar surface area (TPSA) is 84.9 Å². The predicted octanol–water partition coefficient (Wildman–Crippen LogP) is 1.75. The monoisotopic (exact) mass is 348 g/mol. The lowest BCUT2D eigenvalue weighted by Gasteiger charge is -2.26. The number of methoxy groups -OCH3 is 2. The van der Waals surface area contributed by atoms with E-state index in [9.17, 15) is 14.4 Å². The number of hydrogen-bond acceptors (Lipinski definition) is 6. The second-order valence-corrected chi connectivity index (χ2v) is 6.17. The van der Waals surface area contributed by atoms with Crippen LogP contribution in [0.3, 0.4) is 0 Å². The van der Waals surface area contributed by atoms with Crippen LogP contribution in [-0.4, -0.2) is 55.6 Å². The summed E-state index contributed by atoms with van der Waals surface area (Å²) in [5.41, 5.74) is 1.75. The first-order valence-electron chi connectivity index (χ1n) is 8.19. The largest absolute Gasteiger partial charge is 0.468 e. The summed E-state index contributed by atoms with van der Waals surface area (Å²) in [6.45, 7) is 3.66. The van der Waals surface area contributed by atoms with Crippen molar-refractivity contribution in [3.05, 3.63) is 29.3 Å². The van der Waals surface area contributed by atoms with Crippen LogP contribution in [0, 0.1) is 6.92 Å². The Morgan fingerprint density at radius 2 is 1.92 bits per heavy atom. The fraction of sp³-hybridized carbons (Fsp3) is 0.500. The molecule has 0 heterocycles. The number of amides is 1. The third kappa shape index (κ3) is 4.79. The Morgan fingerprint density at radius 1 is 1.24 bits per heavy atom. The molecule has 1 amide bonds. The van der Waals surface area contributed by atoms with Gasteiger partial charge in [-0.1, -0.05) is 6.07 Å². The standard InChI is InChI=1S/C18H24N2O5/c1-11-5-6-13(18(23)25-4)9-15(11)19-16(21)10-20(14-7-8-14)12(2)17(22)24-3/h5-6,9,12,14H,7-8,10H2,1-4H3,(H,19,21). The van der Waals surface area contributed by atoms with Crippen molar-refractivity contribution in [2.24, 2.45) is 0 Å². The molecule has 136 valence electrons. The Balaban J connectivity index is 2.08. The molecule has 0 bridgehead atoms. The van der Waals surface area contributed by atoms with Crippen LogP contribution in [0.25, 0.3) is 0 Å². The zero-order valence-corrected chi connectivity index (χ0v) is 15.0. The molecule has 1 fully saturated rings. The van der Waals surface area contributed by atoms with Gasteiger partial charge in [0.1, 0.15) is 6.04 Å². The number of nitrogens with zero attached hydrogens (tertiary/aromatic N) is 1. The van der Waals surface area contributed by atoms with Crippen LogP contribution >= 0.6 is 0 Å². The Kier molecular flexibility index (Phi) is 6.14. The summed E-state index contributed by atoms with van der Waals surface area (Å²) in [5, 5.41) is 2.81. The van der Waals surface area contributed by atoms with E-state index in [-0.39, 0.29) is 24.5 Å². The van der Waals surface area contributed by atoms with Gasteiger partial charge in [0.25, 0.3) is 0 Å². The van der Waals surface area contributed by atoms with Gasteiger partial charge in [0.2, 0.25) is 5.91 Å². The third-order valence-corrected chi connectivity index (χ3v) is 4.31. The number of carbonyl (C=O) groups excluding carboxylic acids is 3. The van der Waals surface area contributed by atoms with Crippen molar-refractivity contribution in [1.82, 2.24) is 4.90 Å². The number of ether oxygens (including phenoxy) is 2.